The Morgan fingerprint density at radius 3 is 2.06 bits per heavy atom. The fraction of sp³-hybridized carbons (Fsp3) is 0.174. The Labute approximate surface area is 187 Å². The molecule has 0 heterocycles. The van der Waals surface area contributed by atoms with E-state index >= 15 is 0 Å². The summed E-state index contributed by atoms with van der Waals surface area (Å²) in [6.07, 6.45) is 0. The van der Waals surface area contributed by atoms with E-state index < -0.39 is 16.0 Å². The number of hydrogen-bond donors (Lipinski definition) is 0. The lowest BCUT2D eigenvalue weighted by Gasteiger charge is -2.19. The van der Waals surface area contributed by atoms with Gasteiger partial charge in [0.25, 0.3) is 0 Å². The van der Waals surface area contributed by atoms with Crippen LogP contribution in [-0.2, 0) is 10.0 Å². The fourth-order valence-corrected chi connectivity index (χ4v) is 4.58. The minimum atomic E-state index is -3.73. The largest absolute Gasteiger partial charge is 0.457 e. The molecule has 0 unspecified atom stereocenters. The molecule has 0 bridgehead atoms. The Kier molecular flexibility index (Phi) is 7.33. The topological polar surface area (TPSA) is 72.9 Å². The molecule has 3 rings (SSSR count). The van der Waals surface area contributed by atoms with Crippen LogP contribution < -0.4 is 9.47 Å². The molecule has 0 saturated carbocycles. The maximum absolute atomic E-state index is 12.7. The number of nitrogens with zero attached hydrogens (tertiary/aromatic N) is 1. The van der Waals surface area contributed by atoms with Crippen molar-refractivity contribution >= 4 is 27.6 Å². The van der Waals surface area contributed by atoms with Gasteiger partial charge in [0.1, 0.15) is 17.2 Å². The first-order valence-electron chi connectivity index (χ1n) is 9.70. The Hall–Kier alpha value is -2.87. The van der Waals surface area contributed by atoms with Crippen LogP contribution in [0, 0.1) is 0 Å². The Morgan fingerprint density at radius 1 is 0.871 bits per heavy atom. The third-order valence-corrected chi connectivity index (χ3v) is 6.89. The number of benzene rings is 3. The van der Waals surface area contributed by atoms with Crippen molar-refractivity contribution in [1.82, 2.24) is 4.31 Å². The van der Waals surface area contributed by atoms with Crippen molar-refractivity contribution in [1.29, 1.82) is 0 Å². The van der Waals surface area contributed by atoms with Crippen LogP contribution in [0.2, 0.25) is 5.02 Å². The van der Waals surface area contributed by atoms with E-state index in [0.717, 1.165) is 0 Å². The molecule has 31 heavy (non-hydrogen) atoms. The summed E-state index contributed by atoms with van der Waals surface area (Å²) in [6, 6.07) is 19.8. The number of para-hydroxylation sites is 1. The molecule has 0 aromatic heterocycles. The second kappa shape index (κ2) is 9.96. The predicted octanol–water partition coefficient (Wildman–Crippen LogP) is 5.38. The average Bonchev–Trinajstić information content (AvgIpc) is 2.76. The molecule has 0 spiro atoms. The molecule has 0 aliphatic carbocycles. The molecule has 0 aliphatic heterocycles. The van der Waals surface area contributed by atoms with Gasteiger partial charge in [-0.2, -0.15) is 4.31 Å². The first-order valence-corrected chi connectivity index (χ1v) is 11.5. The highest BCUT2D eigenvalue weighted by atomic mass is 35.5. The zero-order chi connectivity index (χ0) is 22.4. The molecule has 3 aromatic rings. The minimum absolute atomic E-state index is 0.0147. The van der Waals surface area contributed by atoms with Gasteiger partial charge in [-0.25, -0.2) is 13.2 Å². The van der Waals surface area contributed by atoms with Crippen LogP contribution in [-0.4, -0.2) is 31.8 Å². The molecule has 8 heteroatoms. The van der Waals surface area contributed by atoms with Crippen LogP contribution in [0.25, 0.3) is 0 Å². The van der Waals surface area contributed by atoms with E-state index in [9.17, 15) is 13.2 Å². The van der Waals surface area contributed by atoms with Crippen molar-refractivity contribution in [2.24, 2.45) is 0 Å². The predicted molar refractivity (Wildman–Crippen MR) is 119 cm³/mol. The summed E-state index contributed by atoms with van der Waals surface area (Å²) in [5, 5.41) is 0.104. The van der Waals surface area contributed by atoms with E-state index in [1.807, 2.05) is 30.3 Å². The van der Waals surface area contributed by atoms with Gasteiger partial charge in [0.15, 0.2) is 0 Å². The summed E-state index contributed by atoms with van der Waals surface area (Å²) >= 11 is 6.14. The molecule has 162 valence electrons. The summed E-state index contributed by atoms with van der Waals surface area (Å²) in [4.78, 5) is 12.6. The number of sulfonamides is 1. The lowest BCUT2D eigenvalue weighted by molar-refractivity contribution is 0.0734. The van der Waals surface area contributed by atoms with Gasteiger partial charge < -0.3 is 9.47 Å². The molecule has 0 N–H and O–H groups in total. The number of esters is 1. The van der Waals surface area contributed by atoms with Crippen molar-refractivity contribution in [2.45, 2.75) is 18.7 Å². The number of ether oxygens (including phenoxy) is 2. The van der Waals surface area contributed by atoms with Crippen molar-refractivity contribution in [3.63, 3.8) is 0 Å². The van der Waals surface area contributed by atoms with Gasteiger partial charge in [0, 0.05) is 13.1 Å². The normalized spacial score (nSPS) is 11.4. The number of carbonyl (C=O) groups excluding carboxylic acids is 1. The summed E-state index contributed by atoms with van der Waals surface area (Å²) in [6.45, 7) is 4.13. The molecule has 0 atom stereocenters. The molecule has 0 fully saturated rings. The zero-order valence-corrected chi connectivity index (χ0v) is 18.7. The molecule has 0 aliphatic rings. The van der Waals surface area contributed by atoms with Crippen molar-refractivity contribution in [2.75, 3.05) is 13.1 Å². The first kappa shape index (κ1) is 22.8. The van der Waals surface area contributed by atoms with Gasteiger partial charge in [0.2, 0.25) is 10.0 Å². The Balaban J connectivity index is 1.77. The summed E-state index contributed by atoms with van der Waals surface area (Å²) < 4.78 is 37.9. The van der Waals surface area contributed by atoms with Gasteiger partial charge in [-0.1, -0.05) is 43.6 Å². The second-order valence-corrected chi connectivity index (χ2v) is 8.85. The van der Waals surface area contributed by atoms with Crippen LogP contribution in [0.5, 0.6) is 17.2 Å². The number of halogens is 1. The zero-order valence-electron chi connectivity index (χ0n) is 17.1. The molecule has 0 saturated heterocycles. The smallest absolute Gasteiger partial charge is 0.345 e. The average molecular weight is 460 g/mol. The van der Waals surface area contributed by atoms with Gasteiger partial charge in [-0.15, -0.1) is 0 Å². The van der Waals surface area contributed by atoms with Gasteiger partial charge in [-0.05, 0) is 54.6 Å². The lowest BCUT2D eigenvalue weighted by Crippen LogP contribution is -2.30. The maximum Gasteiger partial charge on any atom is 0.345 e. The Morgan fingerprint density at radius 2 is 1.45 bits per heavy atom. The van der Waals surface area contributed by atoms with Crippen molar-refractivity contribution in [3.8, 4) is 17.2 Å². The second-order valence-electron chi connectivity index (χ2n) is 6.51. The van der Waals surface area contributed by atoms with Gasteiger partial charge >= 0.3 is 5.97 Å². The molecule has 0 amide bonds. The third-order valence-electron chi connectivity index (χ3n) is 4.51. The highest BCUT2D eigenvalue weighted by Gasteiger charge is 2.24. The molecule has 0 radical (unpaired) electrons. The fourth-order valence-electron chi connectivity index (χ4n) is 2.90. The van der Waals surface area contributed by atoms with Crippen molar-refractivity contribution in [3.05, 3.63) is 83.4 Å². The van der Waals surface area contributed by atoms with E-state index in [1.165, 1.54) is 22.5 Å². The van der Waals surface area contributed by atoms with Gasteiger partial charge in [0.05, 0.1) is 15.5 Å². The highest BCUT2D eigenvalue weighted by molar-refractivity contribution is 7.89. The number of rotatable bonds is 8. The van der Waals surface area contributed by atoms with E-state index in [4.69, 9.17) is 21.1 Å². The van der Waals surface area contributed by atoms with Crippen molar-refractivity contribution < 1.29 is 22.7 Å². The summed E-state index contributed by atoms with van der Waals surface area (Å²) in [5.74, 6) is 0.790. The third kappa shape index (κ3) is 5.44. The molecular formula is C23H22ClNO5S. The van der Waals surface area contributed by atoms with Crippen LogP contribution >= 0.6 is 11.6 Å². The minimum Gasteiger partial charge on any atom is -0.457 e. The van der Waals surface area contributed by atoms with Crippen LogP contribution in [0.4, 0.5) is 0 Å². The SMILES string of the molecule is CCN(CC)S(=O)(=O)c1ccc(Cl)c(C(=O)Oc2ccc(Oc3ccccc3)cc2)c1. The summed E-state index contributed by atoms with van der Waals surface area (Å²) in [7, 11) is -3.73. The standard InChI is InChI=1S/C23H22ClNO5S/c1-3-25(4-2)31(27,28)20-14-15-22(24)21(16-20)23(26)30-19-12-10-18(11-13-19)29-17-8-6-5-7-9-17/h5-16H,3-4H2,1-2H3. The first-order chi connectivity index (χ1) is 14.8. The quantitative estimate of drug-likeness (QED) is 0.334. The van der Waals surface area contributed by atoms with E-state index in [-0.39, 0.29) is 21.2 Å². The summed E-state index contributed by atoms with van der Waals surface area (Å²) in [5.41, 5.74) is -0.0282. The van der Waals surface area contributed by atoms with Gasteiger partial charge in [-0.3, -0.25) is 0 Å². The number of hydrogen-bond acceptors (Lipinski definition) is 5. The van der Waals surface area contributed by atoms with E-state index in [0.29, 0.717) is 24.6 Å². The van der Waals surface area contributed by atoms with Crippen LogP contribution in [0.3, 0.4) is 0 Å². The molecular weight excluding hydrogens is 438 g/mol. The van der Waals surface area contributed by atoms with Crippen LogP contribution in [0.15, 0.2) is 77.7 Å². The monoisotopic (exact) mass is 459 g/mol. The van der Waals surface area contributed by atoms with E-state index in [1.54, 1.807) is 38.1 Å². The lowest BCUT2D eigenvalue weighted by atomic mass is 10.2. The maximum atomic E-state index is 12.7. The number of carbonyl (C=O) groups is 1. The van der Waals surface area contributed by atoms with E-state index in [2.05, 4.69) is 0 Å². The molecule has 6 nitrogen and oxygen atoms in total. The molecule has 3 aromatic carbocycles. The van der Waals surface area contributed by atoms with Crippen LogP contribution in [0.1, 0.15) is 24.2 Å². The highest BCUT2D eigenvalue weighted by Crippen LogP contribution is 2.26. The Bertz CT molecular complexity index is 1140.